The quantitative estimate of drug-likeness (QED) is 0.219. The van der Waals surface area contributed by atoms with Crippen molar-refractivity contribution in [3.63, 3.8) is 0 Å². The number of carbonyl (C=O) groups is 3. The number of anilines is 1. The first kappa shape index (κ1) is 32.8. The van der Waals surface area contributed by atoms with Gasteiger partial charge in [0, 0.05) is 17.7 Å². The molecule has 1 spiro atoms. The number of amides is 2. The maximum Gasteiger partial charge on any atom is 0.360 e. The van der Waals surface area contributed by atoms with E-state index in [1.54, 1.807) is 7.05 Å². The number of benzene rings is 2. The second-order valence-corrected chi connectivity index (χ2v) is 12.8. The second kappa shape index (κ2) is 12.8. The zero-order valence-electron chi connectivity index (χ0n) is 27.7. The minimum atomic E-state index is -0.937. The number of aromatic nitrogens is 2. The fraction of sp³-hybridized carbons (Fsp3) is 0.400. The predicted octanol–water partition coefficient (Wildman–Crippen LogP) is 4.07. The van der Waals surface area contributed by atoms with Gasteiger partial charge in [0.05, 0.1) is 13.2 Å². The molecule has 3 aliphatic heterocycles. The molecule has 4 bridgehead atoms. The van der Waals surface area contributed by atoms with E-state index < -0.39 is 23.7 Å². The number of nitrogens with zero attached hydrogens (tertiary/aromatic N) is 2. The van der Waals surface area contributed by atoms with Gasteiger partial charge in [-0.3, -0.25) is 9.59 Å². The van der Waals surface area contributed by atoms with Gasteiger partial charge in [-0.05, 0) is 48.6 Å². The molecule has 4 aromatic rings. The topological polar surface area (TPSA) is 184 Å². The van der Waals surface area contributed by atoms with Gasteiger partial charge in [-0.15, -0.1) is 0 Å². The normalized spacial score (nSPS) is 21.0. The summed E-state index contributed by atoms with van der Waals surface area (Å²) in [5.74, 6) is 0.819. The lowest BCUT2D eigenvalue weighted by Crippen LogP contribution is -2.42. The zero-order chi connectivity index (χ0) is 34.3. The Hall–Kier alpha value is -5.17. The molecule has 0 radical (unpaired) electrons. The molecule has 0 saturated carbocycles. The number of para-hydroxylation sites is 1. The molecule has 0 aliphatic carbocycles. The van der Waals surface area contributed by atoms with Gasteiger partial charge in [-0.25, -0.2) is 14.8 Å². The fourth-order valence-corrected chi connectivity index (χ4v) is 6.67. The Balaban J connectivity index is 0.000000394. The minimum absolute atomic E-state index is 0.0129. The molecular weight excluding hydrogens is 616 g/mol. The van der Waals surface area contributed by atoms with Crippen molar-refractivity contribution in [3.8, 4) is 17.3 Å². The Kier molecular flexibility index (Phi) is 8.73. The molecule has 0 saturated heterocycles. The third-order valence-corrected chi connectivity index (χ3v) is 9.02. The Morgan fingerprint density at radius 3 is 2.50 bits per heavy atom. The van der Waals surface area contributed by atoms with Gasteiger partial charge >= 0.3 is 5.97 Å². The Morgan fingerprint density at radius 1 is 1.06 bits per heavy atom. The molecule has 3 unspecified atom stereocenters. The van der Waals surface area contributed by atoms with E-state index in [4.69, 9.17) is 29.0 Å². The van der Waals surface area contributed by atoms with E-state index in [0.29, 0.717) is 35.9 Å². The number of nitrogens with two attached hydrogens (primary N) is 1. The number of primary amides is 1. The van der Waals surface area contributed by atoms with Crippen LogP contribution in [0.3, 0.4) is 0 Å². The molecule has 5 heterocycles. The number of likely N-dealkylation sites (N-methyl/N-ethyl adjacent to an activating group) is 1. The third kappa shape index (κ3) is 5.47. The molecule has 0 fully saturated rings. The van der Waals surface area contributed by atoms with Crippen molar-refractivity contribution in [2.75, 3.05) is 19.5 Å². The first-order chi connectivity index (χ1) is 23.0. The fourth-order valence-electron chi connectivity index (χ4n) is 6.67. The van der Waals surface area contributed by atoms with Crippen LogP contribution in [0.15, 0.2) is 57.6 Å². The van der Waals surface area contributed by atoms with Gasteiger partial charge in [0.1, 0.15) is 23.5 Å². The average molecular weight is 657 g/mol. The number of fused-ring (bicyclic) bond motifs is 4. The number of aryl methyl sites for hydroxylation is 1. The molecule has 48 heavy (non-hydrogen) atoms. The molecule has 4 atom stereocenters. The van der Waals surface area contributed by atoms with E-state index in [-0.39, 0.29) is 41.3 Å². The molecule has 13 nitrogen and oxygen atoms in total. The summed E-state index contributed by atoms with van der Waals surface area (Å²) in [4.78, 5) is 45.0. The van der Waals surface area contributed by atoms with E-state index in [2.05, 4.69) is 27.0 Å². The highest BCUT2D eigenvalue weighted by Gasteiger charge is 2.61. The Labute approximate surface area is 278 Å². The first-order valence-corrected chi connectivity index (χ1v) is 16.0. The van der Waals surface area contributed by atoms with Crippen LogP contribution in [0, 0.1) is 11.8 Å². The van der Waals surface area contributed by atoms with Gasteiger partial charge in [-0.2, -0.15) is 0 Å². The van der Waals surface area contributed by atoms with Crippen LogP contribution in [0.25, 0.3) is 11.6 Å². The van der Waals surface area contributed by atoms with Crippen LogP contribution >= 0.6 is 0 Å². The number of oxazole rings is 2. The average Bonchev–Trinajstić information content (AvgIpc) is 3.83. The monoisotopic (exact) mass is 656 g/mol. The molecule has 2 aromatic carbocycles. The molecule has 2 aromatic heterocycles. The van der Waals surface area contributed by atoms with Crippen LogP contribution in [-0.2, 0) is 26.2 Å². The number of methoxy groups -OCH3 is 1. The first-order valence-electron chi connectivity index (χ1n) is 16.0. The predicted molar refractivity (Wildman–Crippen MR) is 175 cm³/mol. The van der Waals surface area contributed by atoms with Gasteiger partial charge < -0.3 is 40.0 Å². The molecule has 252 valence electrons. The van der Waals surface area contributed by atoms with Crippen LogP contribution < -0.4 is 26.4 Å². The van der Waals surface area contributed by atoms with Crippen molar-refractivity contribution in [3.05, 3.63) is 82.8 Å². The van der Waals surface area contributed by atoms with Gasteiger partial charge in [0.25, 0.3) is 0 Å². The molecular formula is C35H40N6O7. The lowest BCUT2D eigenvalue weighted by atomic mass is 9.72. The van der Waals surface area contributed by atoms with Crippen molar-refractivity contribution in [2.24, 2.45) is 17.6 Å². The number of carbonyl (C=O) groups excluding carboxylic acids is 3. The summed E-state index contributed by atoms with van der Waals surface area (Å²) in [5.41, 5.74) is 8.21. The van der Waals surface area contributed by atoms with Gasteiger partial charge in [-0.1, -0.05) is 58.0 Å². The number of esters is 1. The highest BCUT2D eigenvalue weighted by Crippen LogP contribution is 2.59. The molecule has 13 heteroatoms. The van der Waals surface area contributed by atoms with E-state index in [0.717, 1.165) is 22.4 Å². The van der Waals surface area contributed by atoms with Crippen LogP contribution in [0.5, 0.6) is 5.75 Å². The Morgan fingerprint density at radius 2 is 1.83 bits per heavy atom. The van der Waals surface area contributed by atoms with Crippen LogP contribution in [0.2, 0.25) is 0 Å². The summed E-state index contributed by atoms with van der Waals surface area (Å²) < 4.78 is 23.8. The van der Waals surface area contributed by atoms with E-state index in [1.165, 1.54) is 13.4 Å². The largest absolute Gasteiger partial charge is 0.469 e. The molecule has 7 rings (SSSR count). The van der Waals surface area contributed by atoms with E-state index in [1.807, 2.05) is 64.1 Å². The molecule has 5 N–H and O–H groups in total. The summed E-state index contributed by atoms with van der Waals surface area (Å²) >= 11 is 0. The highest BCUT2D eigenvalue weighted by molar-refractivity contribution is 5.87. The summed E-state index contributed by atoms with van der Waals surface area (Å²) in [6.07, 6.45) is 1.59. The van der Waals surface area contributed by atoms with Crippen LogP contribution in [0.4, 0.5) is 5.69 Å². The van der Waals surface area contributed by atoms with Crippen LogP contribution in [-0.4, -0.2) is 54.2 Å². The minimum Gasteiger partial charge on any atom is -0.469 e. The standard InChI is InChI=1S/C29H26N4O6.C6H14N2O/c1-14(2)22-26-33-23(25-30-19(13-37-25)27(35)36-3)24(39-26)29-16-6-4-5-7-18(16)31-28(29)38-20-10-8-15(12-17(20)29)9-11-21(34)32-22;1-4(2)5(8-3)6(7)9/h4-8,10,12-14,22,28,31H,9,11H2,1-3H3,(H,32,34);4-5,8H,1-3H3,(H2,7,9)/t22?,28?,29-;/m0./s1. The SMILES string of the molecule is CNC(C(N)=O)C(C)C.COC(=O)c1coc(-c2nc3oc2[C@@]24c5ccccc5NC2Oc2ccc(cc24)CCC(=O)NC3C(C)C)n1. The summed E-state index contributed by atoms with van der Waals surface area (Å²) in [6.45, 7) is 7.89. The van der Waals surface area contributed by atoms with E-state index >= 15 is 0 Å². The zero-order valence-corrected chi connectivity index (χ0v) is 27.7. The Bertz CT molecular complexity index is 1860. The summed E-state index contributed by atoms with van der Waals surface area (Å²) in [5, 5.41) is 9.45. The maximum atomic E-state index is 13.0. The van der Waals surface area contributed by atoms with Crippen molar-refractivity contribution in [1.29, 1.82) is 0 Å². The number of nitrogens with one attached hydrogen (secondary N) is 3. The lowest BCUT2D eigenvalue weighted by molar-refractivity contribution is -0.122. The van der Waals surface area contributed by atoms with E-state index in [9.17, 15) is 14.4 Å². The number of hydrogen-bond donors (Lipinski definition) is 4. The van der Waals surface area contributed by atoms with Crippen molar-refractivity contribution >= 4 is 23.5 Å². The summed E-state index contributed by atoms with van der Waals surface area (Å²) in [6, 6.07) is 13.3. The molecule has 2 amide bonds. The van der Waals surface area contributed by atoms with Gasteiger partial charge in [0.2, 0.25) is 23.6 Å². The summed E-state index contributed by atoms with van der Waals surface area (Å²) in [7, 11) is 3.01. The third-order valence-electron chi connectivity index (χ3n) is 9.02. The highest BCUT2D eigenvalue weighted by atomic mass is 16.5. The maximum absolute atomic E-state index is 13.0. The number of ether oxygens (including phenoxy) is 2. The van der Waals surface area contributed by atoms with Crippen molar-refractivity contribution in [1.82, 2.24) is 20.6 Å². The van der Waals surface area contributed by atoms with Gasteiger partial charge in [0.15, 0.2) is 23.4 Å². The second-order valence-electron chi connectivity index (χ2n) is 12.8. The smallest absolute Gasteiger partial charge is 0.360 e. The van der Waals surface area contributed by atoms with Crippen molar-refractivity contribution in [2.45, 2.75) is 64.3 Å². The molecule has 3 aliphatic rings. The number of hydrogen-bond acceptors (Lipinski definition) is 11. The number of rotatable bonds is 6. The van der Waals surface area contributed by atoms with Crippen molar-refractivity contribution < 1.29 is 32.7 Å². The van der Waals surface area contributed by atoms with Crippen LogP contribution in [0.1, 0.15) is 79.0 Å². The lowest BCUT2D eigenvalue weighted by Gasteiger charge is -2.27.